The van der Waals surface area contributed by atoms with Gasteiger partial charge in [-0.05, 0) is 24.3 Å². The van der Waals surface area contributed by atoms with E-state index in [0.29, 0.717) is 22.0 Å². The summed E-state index contributed by atoms with van der Waals surface area (Å²) < 4.78 is 19.3. The molecular weight excluding hydrogens is 393 g/mol. The predicted octanol–water partition coefficient (Wildman–Crippen LogP) is 3.01. The van der Waals surface area contributed by atoms with Crippen molar-refractivity contribution in [3.63, 3.8) is 0 Å². The molecule has 1 amide bonds. The fourth-order valence-corrected chi connectivity index (χ4v) is 3.97. The molecule has 7 nitrogen and oxygen atoms in total. The summed E-state index contributed by atoms with van der Waals surface area (Å²) in [5.41, 5.74) is 2.07. The molecule has 3 heterocycles. The number of hydrogen-bond donors (Lipinski definition) is 2. The second kappa shape index (κ2) is 8.54. The smallest absolute Gasteiger partial charge is 0.275 e. The van der Waals surface area contributed by atoms with Crippen molar-refractivity contribution < 1.29 is 13.9 Å². The topological polar surface area (TPSA) is 79.4 Å². The first-order valence-corrected chi connectivity index (χ1v) is 10.0. The molecule has 2 N–H and O–H groups in total. The molecule has 9 heteroatoms. The summed E-state index contributed by atoms with van der Waals surface area (Å²) in [6.45, 7) is 3.47. The fraction of sp³-hybridized carbons (Fsp3) is 0.250. The zero-order chi connectivity index (χ0) is 20.2. The molecule has 1 fully saturated rings. The lowest BCUT2D eigenvalue weighted by molar-refractivity contribution is 0.102. The fourth-order valence-electron chi connectivity index (χ4n) is 3.15. The average Bonchev–Trinajstić information content (AvgIpc) is 3.25. The average molecular weight is 413 g/mol. The molecule has 1 aromatic carbocycles. The summed E-state index contributed by atoms with van der Waals surface area (Å²) >= 11 is 1.21. The molecule has 0 spiro atoms. The lowest BCUT2D eigenvalue weighted by Crippen LogP contribution is -2.43. The number of carbonyl (C=O) groups is 1. The van der Waals surface area contributed by atoms with Gasteiger partial charge in [-0.3, -0.25) is 9.78 Å². The van der Waals surface area contributed by atoms with Crippen LogP contribution < -0.4 is 20.3 Å². The van der Waals surface area contributed by atoms with Crippen molar-refractivity contribution in [1.29, 1.82) is 0 Å². The van der Waals surface area contributed by atoms with Crippen LogP contribution in [0.3, 0.4) is 0 Å². The summed E-state index contributed by atoms with van der Waals surface area (Å²) in [4.78, 5) is 23.4. The quantitative estimate of drug-likeness (QED) is 0.670. The van der Waals surface area contributed by atoms with Crippen LogP contribution in [0.4, 0.5) is 15.8 Å². The third-order valence-electron chi connectivity index (χ3n) is 4.64. The van der Waals surface area contributed by atoms with Crippen molar-refractivity contribution in [2.45, 2.75) is 0 Å². The first-order chi connectivity index (χ1) is 14.2. The summed E-state index contributed by atoms with van der Waals surface area (Å²) in [6, 6.07) is 6.32. The Morgan fingerprint density at radius 2 is 2.14 bits per heavy atom. The molecule has 1 aliphatic heterocycles. The number of anilines is 2. The molecule has 4 rings (SSSR count). The monoisotopic (exact) mass is 413 g/mol. The number of aromatic nitrogens is 2. The zero-order valence-corrected chi connectivity index (χ0v) is 16.6. The van der Waals surface area contributed by atoms with Crippen molar-refractivity contribution in [3.05, 3.63) is 53.6 Å². The summed E-state index contributed by atoms with van der Waals surface area (Å²) in [5.74, 6) is -0.251. The Labute approximate surface area is 171 Å². The number of piperazine rings is 1. The van der Waals surface area contributed by atoms with E-state index < -0.39 is 5.82 Å². The van der Waals surface area contributed by atoms with E-state index in [4.69, 9.17) is 4.74 Å². The maximum absolute atomic E-state index is 14.2. The van der Waals surface area contributed by atoms with Gasteiger partial charge in [0.2, 0.25) is 0 Å². The molecule has 0 saturated carbocycles. The molecule has 0 radical (unpaired) electrons. The minimum Gasteiger partial charge on any atom is -0.497 e. The van der Waals surface area contributed by atoms with E-state index in [9.17, 15) is 9.18 Å². The molecule has 0 bridgehead atoms. The van der Waals surface area contributed by atoms with Gasteiger partial charge in [-0.1, -0.05) is 0 Å². The van der Waals surface area contributed by atoms with Gasteiger partial charge in [0.05, 0.1) is 24.7 Å². The van der Waals surface area contributed by atoms with Crippen LogP contribution in [-0.4, -0.2) is 49.2 Å². The minimum absolute atomic E-state index is 0.224. The van der Waals surface area contributed by atoms with Gasteiger partial charge in [0.15, 0.2) is 0 Å². The molecule has 3 aromatic rings. The van der Waals surface area contributed by atoms with Crippen LogP contribution in [0.1, 0.15) is 10.5 Å². The van der Waals surface area contributed by atoms with E-state index in [-0.39, 0.29) is 11.6 Å². The van der Waals surface area contributed by atoms with Crippen molar-refractivity contribution in [2.24, 2.45) is 0 Å². The molecular formula is C20H20FN5O2S. The maximum Gasteiger partial charge on any atom is 0.275 e. The van der Waals surface area contributed by atoms with E-state index in [1.165, 1.54) is 24.5 Å². The molecule has 1 aliphatic rings. The first-order valence-electron chi connectivity index (χ1n) is 9.16. The van der Waals surface area contributed by atoms with Crippen molar-refractivity contribution in [2.75, 3.05) is 43.5 Å². The van der Waals surface area contributed by atoms with Gasteiger partial charge in [-0.2, -0.15) is 0 Å². The van der Waals surface area contributed by atoms with E-state index in [2.05, 4.69) is 25.5 Å². The van der Waals surface area contributed by atoms with Gasteiger partial charge in [0.1, 0.15) is 22.3 Å². The number of nitrogens with one attached hydrogen (secondary N) is 2. The molecule has 2 aromatic heterocycles. The molecule has 0 aliphatic carbocycles. The van der Waals surface area contributed by atoms with E-state index >= 15 is 0 Å². The number of thiazole rings is 1. The van der Waals surface area contributed by atoms with Crippen molar-refractivity contribution in [1.82, 2.24) is 15.3 Å². The number of nitrogens with zero attached hydrogens (tertiary/aromatic N) is 3. The Hall–Kier alpha value is -3.04. The number of carbonyl (C=O) groups excluding carboxylic acids is 1. The zero-order valence-electron chi connectivity index (χ0n) is 15.8. The summed E-state index contributed by atoms with van der Waals surface area (Å²) in [6.07, 6.45) is 3.34. The number of halogens is 1. The number of ether oxygens (including phenoxy) is 1. The third kappa shape index (κ3) is 4.20. The Balaban J connectivity index is 1.55. The van der Waals surface area contributed by atoms with Crippen LogP contribution in [0.5, 0.6) is 5.75 Å². The van der Waals surface area contributed by atoms with Crippen molar-refractivity contribution >= 4 is 28.6 Å². The molecule has 150 valence electrons. The van der Waals surface area contributed by atoms with Crippen LogP contribution >= 0.6 is 11.3 Å². The van der Waals surface area contributed by atoms with Crippen molar-refractivity contribution in [3.8, 4) is 16.3 Å². The van der Waals surface area contributed by atoms with E-state index in [1.54, 1.807) is 29.9 Å². The third-order valence-corrected chi connectivity index (χ3v) is 5.52. The number of amides is 1. The minimum atomic E-state index is -0.416. The standard InChI is InChI=1S/C20H20FN5O2S/c1-28-13-2-3-15(21)14(10-13)20-25-17(12-29-20)19(27)24-16-11-23-5-4-18(16)26-8-6-22-7-9-26/h2-5,10-12,22H,6-9H2,1H3,(H,24,27). The highest BCUT2D eigenvalue weighted by atomic mass is 32.1. The van der Waals surface area contributed by atoms with Gasteiger partial charge in [-0.15, -0.1) is 11.3 Å². The summed E-state index contributed by atoms with van der Waals surface area (Å²) in [7, 11) is 1.52. The largest absolute Gasteiger partial charge is 0.497 e. The van der Waals surface area contributed by atoms with Gasteiger partial charge in [0.25, 0.3) is 5.91 Å². The second-order valence-corrected chi connectivity index (χ2v) is 7.33. The first kappa shape index (κ1) is 19.3. The highest BCUT2D eigenvalue weighted by Gasteiger charge is 2.19. The number of pyridine rings is 1. The van der Waals surface area contributed by atoms with Gasteiger partial charge in [0, 0.05) is 43.3 Å². The van der Waals surface area contributed by atoms with Crippen LogP contribution in [0.15, 0.2) is 42.0 Å². The molecule has 29 heavy (non-hydrogen) atoms. The van der Waals surface area contributed by atoms with Crippen LogP contribution in [0.25, 0.3) is 10.6 Å². The molecule has 1 saturated heterocycles. The number of benzene rings is 1. The van der Waals surface area contributed by atoms with Crippen LogP contribution in [0, 0.1) is 5.82 Å². The van der Waals surface area contributed by atoms with E-state index in [1.807, 2.05) is 6.07 Å². The highest BCUT2D eigenvalue weighted by molar-refractivity contribution is 7.13. The number of rotatable bonds is 5. The van der Waals surface area contributed by atoms with Gasteiger partial charge < -0.3 is 20.3 Å². The van der Waals surface area contributed by atoms with Gasteiger partial charge >= 0.3 is 0 Å². The Morgan fingerprint density at radius 1 is 1.31 bits per heavy atom. The molecule has 0 unspecified atom stereocenters. The normalized spacial score (nSPS) is 13.9. The molecule has 0 atom stereocenters. The Morgan fingerprint density at radius 3 is 2.93 bits per heavy atom. The predicted molar refractivity (Wildman–Crippen MR) is 111 cm³/mol. The SMILES string of the molecule is COc1ccc(F)c(-c2nc(C(=O)Nc3cnccc3N3CCNCC3)cs2)c1. The summed E-state index contributed by atoms with van der Waals surface area (Å²) in [5, 5.41) is 8.23. The maximum atomic E-state index is 14.2. The van der Waals surface area contributed by atoms with Crippen LogP contribution in [0.2, 0.25) is 0 Å². The highest BCUT2D eigenvalue weighted by Crippen LogP contribution is 2.30. The number of hydrogen-bond acceptors (Lipinski definition) is 7. The van der Waals surface area contributed by atoms with Crippen LogP contribution in [-0.2, 0) is 0 Å². The number of methoxy groups -OCH3 is 1. The Kier molecular flexibility index (Phi) is 5.68. The Bertz CT molecular complexity index is 1020. The second-order valence-electron chi connectivity index (χ2n) is 6.47. The lowest BCUT2D eigenvalue weighted by Gasteiger charge is -2.30. The lowest BCUT2D eigenvalue weighted by atomic mass is 10.2. The van der Waals surface area contributed by atoms with E-state index in [0.717, 1.165) is 31.9 Å². The van der Waals surface area contributed by atoms with Gasteiger partial charge in [-0.25, -0.2) is 9.37 Å².